The third kappa shape index (κ3) is 2.03. The van der Waals surface area contributed by atoms with E-state index in [0.717, 1.165) is 12.8 Å². The van der Waals surface area contributed by atoms with Gasteiger partial charge in [-0.2, -0.15) is 13.2 Å². The molecule has 0 saturated carbocycles. The van der Waals surface area contributed by atoms with Crippen LogP contribution in [0.5, 0.6) is 0 Å². The minimum atomic E-state index is -4.92. The summed E-state index contributed by atoms with van der Waals surface area (Å²) in [6, 6.07) is 0. The lowest BCUT2D eigenvalue weighted by Crippen LogP contribution is -2.23. The van der Waals surface area contributed by atoms with Crippen LogP contribution in [0.4, 0.5) is 13.2 Å². The molecule has 0 aliphatic heterocycles. The first kappa shape index (κ1) is 8.91. The second-order valence-corrected chi connectivity index (χ2v) is 1.56. The highest BCUT2D eigenvalue weighted by Crippen LogP contribution is 2.18. The molecule has 5 heteroatoms. The smallest absolute Gasteiger partial charge is 0.455 e. The van der Waals surface area contributed by atoms with Crippen molar-refractivity contribution in [2.24, 2.45) is 0 Å². The summed E-state index contributed by atoms with van der Waals surface area (Å²) >= 11 is 0. The lowest BCUT2D eigenvalue weighted by Gasteiger charge is -2.02. The Kier molecular flexibility index (Phi) is 2.37. The highest BCUT2D eigenvalue weighted by molar-refractivity contribution is 6.06. The Morgan fingerprint density at radius 1 is 1.50 bits per heavy atom. The standard InChI is InChI=1S/C5H3F3NO/c1-3(2-9)4(10)5(6,7)8/h1H3/q-1. The fraction of sp³-hybridized carbons (Fsp3) is 0.400. The van der Waals surface area contributed by atoms with Crippen LogP contribution in [0.1, 0.15) is 6.92 Å². The SMILES string of the molecule is CC(=C=[N-])C(=O)C(F)(F)F. The summed E-state index contributed by atoms with van der Waals surface area (Å²) < 4.78 is 34.1. The van der Waals surface area contributed by atoms with Gasteiger partial charge in [0.15, 0.2) is 0 Å². The first-order valence-electron chi connectivity index (χ1n) is 2.24. The summed E-state index contributed by atoms with van der Waals surface area (Å²) in [5.41, 5.74) is -0.840. The molecule has 0 heterocycles. The van der Waals surface area contributed by atoms with Gasteiger partial charge in [-0.15, -0.1) is 0 Å². The Labute approximate surface area is 54.9 Å². The number of nitrogens with zero attached hydrogens (tertiary/aromatic N) is 1. The third-order valence-electron chi connectivity index (χ3n) is 0.766. The van der Waals surface area contributed by atoms with Gasteiger partial charge in [0, 0.05) is 5.57 Å². The molecular weight excluding hydrogens is 147 g/mol. The van der Waals surface area contributed by atoms with Crippen LogP contribution in [0.15, 0.2) is 5.57 Å². The molecule has 0 radical (unpaired) electrons. The molecule has 0 rings (SSSR count). The predicted octanol–water partition coefficient (Wildman–Crippen LogP) is 1.30. The summed E-state index contributed by atoms with van der Waals surface area (Å²) in [6.07, 6.45) is -4.92. The minimum Gasteiger partial charge on any atom is -0.763 e. The number of ketones is 1. The molecule has 0 bridgehead atoms. The van der Waals surface area contributed by atoms with E-state index < -0.39 is 17.5 Å². The number of carbonyl (C=O) groups is 1. The summed E-state index contributed by atoms with van der Waals surface area (Å²) in [5, 5.41) is 7.86. The molecule has 0 aliphatic carbocycles. The quantitative estimate of drug-likeness (QED) is 0.410. The lowest BCUT2D eigenvalue weighted by atomic mass is 10.2. The Balaban J connectivity index is 4.55. The Morgan fingerprint density at radius 3 is 2.00 bits per heavy atom. The number of allylic oxidation sites excluding steroid dienone is 1. The van der Waals surface area contributed by atoms with Gasteiger partial charge in [-0.05, 0) is 6.92 Å². The number of alkyl halides is 3. The Hall–Kier alpha value is -1.09. The largest absolute Gasteiger partial charge is 0.763 e. The molecule has 0 aliphatic rings. The van der Waals surface area contributed by atoms with Crippen molar-refractivity contribution in [2.75, 3.05) is 0 Å². The van der Waals surface area contributed by atoms with Crippen LogP contribution in [0, 0.1) is 0 Å². The molecule has 0 aromatic heterocycles. The zero-order valence-electron chi connectivity index (χ0n) is 4.99. The van der Waals surface area contributed by atoms with Crippen LogP contribution in [0.25, 0.3) is 5.41 Å². The average molecular weight is 150 g/mol. The number of Topliss-reactive ketones (excluding diaryl/α,β-unsaturated/α-hetero) is 1. The van der Waals surface area contributed by atoms with Gasteiger partial charge in [0.2, 0.25) is 0 Å². The van der Waals surface area contributed by atoms with Gasteiger partial charge in [-0.25, -0.2) is 0 Å². The van der Waals surface area contributed by atoms with Crippen LogP contribution in [-0.4, -0.2) is 17.8 Å². The maximum absolute atomic E-state index is 11.4. The van der Waals surface area contributed by atoms with Crippen molar-refractivity contribution in [1.29, 1.82) is 0 Å². The fourth-order valence-corrected chi connectivity index (χ4v) is 0.263. The van der Waals surface area contributed by atoms with E-state index in [1.54, 1.807) is 0 Å². The van der Waals surface area contributed by atoms with Gasteiger partial charge >= 0.3 is 6.18 Å². The van der Waals surface area contributed by atoms with Crippen molar-refractivity contribution in [1.82, 2.24) is 0 Å². The highest BCUT2D eigenvalue weighted by atomic mass is 19.4. The maximum atomic E-state index is 11.4. The average Bonchev–Trinajstić information content (AvgIpc) is 1.83. The van der Waals surface area contributed by atoms with Crippen molar-refractivity contribution in [3.63, 3.8) is 0 Å². The van der Waals surface area contributed by atoms with E-state index in [1.165, 1.54) is 0 Å². The molecular formula is C5H3F3NO-. The second kappa shape index (κ2) is 2.66. The molecule has 0 N–H and O–H groups in total. The van der Waals surface area contributed by atoms with Crippen LogP contribution in [-0.2, 0) is 4.79 Å². The maximum Gasteiger partial charge on any atom is 0.455 e. The molecule has 0 aromatic rings. The van der Waals surface area contributed by atoms with E-state index in [0.29, 0.717) is 0 Å². The molecule has 0 amide bonds. The van der Waals surface area contributed by atoms with Crippen LogP contribution >= 0.6 is 0 Å². The summed E-state index contributed by atoms with van der Waals surface area (Å²) in [6.45, 7) is 0.829. The van der Waals surface area contributed by atoms with Gasteiger partial charge in [0.25, 0.3) is 5.78 Å². The Bertz CT molecular complexity index is 199. The molecule has 56 valence electrons. The van der Waals surface area contributed by atoms with E-state index in [9.17, 15) is 18.0 Å². The third-order valence-corrected chi connectivity index (χ3v) is 0.766. The van der Waals surface area contributed by atoms with E-state index >= 15 is 0 Å². The molecule has 0 saturated heterocycles. The number of hydrogen-bond acceptors (Lipinski definition) is 1. The van der Waals surface area contributed by atoms with Crippen LogP contribution in [0.3, 0.4) is 0 Å². The van der Waals surface area contributed by atoms with Crippen molar-refractivity contribution >= 4 is 11.7 Å². The fourth-order valence-electron chi connectivity index (χ4n) is 0.263. The van der Waals surface area contributed by atoms with Crippen molar-refractivity contribution in [2.45, 2.75) is 13.1 Å². The lowest BCUT2D eigenvalue weighted by molar-refractivity contribution is -0.166. The summed E-state index contributed by atoms with van der Waals surface area (Å²) in [5.74, 6) is -0.956. The van der Waals surface area contributed by atoms with Gasteiger partial charge in [0.1, 0.15) is 0 Å². The molecule has 0 atom stereocenters. The monoisotopic (exact) mass is 150 g/mol. The number of hydrogen-bond donors (Lipinski definition) is 0. The molecule has 0 spiro atoms. The molecule has 2 nitrogen and oxygen atoms in total. The van der Waals surface area contributed by atoms with Gasteiger partial charge in [0.05, 0.1) is 0 Å². The Morgan fingerprint density at radius 2 is 1.90 bits per heavy atom. The van der Waals surface area contributed by atoms with E-state index in [1.807, 2.05) is 0 Å². The molecule has 0 fully saturated rings. The zero-order valence-corrected chi connectivity index (χ0v) is 4.99. The number of halogens is 3. The molecule has 0 aromatic carbocycles. The van der Waals surface area contributed by atoms with Crippen molar-refractivity contribution in [3.05, 3.63) is 11.0 Å². The molecule has 0 unspecified atom stereocenters. The van der Waals surface area contributed by atoms with Crippen LogP contribution < -0.4 is 0 Å². The first-order valence-corrected chi connectivity index (χ1v) is 2.24. The number of carbonyl (C=O) groups excluding carboxylic acids is 1. The zero-order chi connectivity index (χ0) is 8.36. The van der Waals surface area contributed by atoms with Crippen molar-refractivity contribution < 1.29 is 18.0 Å². The van der Waals surface area contributed by atoms with E-state index in [2.05, 4.69) is 0 Å². The van der Waals surface area contributed by atoms with Gasteiger partial charge in [-0.1, -0.05) is 0 Å². The summed E-state index contributed by atoms with van der Waals surface area (Å²) in [7, 11) is 0. The van der Waals surface area contributed by atoms with E-state index in [-0.39, 0.29) is 0 Å². The topological polar surface area (TPSA) is 39.4 Å². The highest BCUT2D eigenvalue weighted by Gasteiger charge is 2.38. The first-order chi connectivity index (χ1) is 4.39. The molecule has 10 heavy (non-hydrogen) atoms. The predicted molar refractivity (Wildman–Crippen MR) is 28.6 cm³/mol. The minimum absolute atomic E-state index is 0.829. The van der Waals surface area contributed by atoms with Gasteiger partial charge < -0.3 is 5.41 Å². The van der Waals surface area contributed by atoms with E-state index in [4.69, 9.17) is 5.41 Å². The van der Waals surface area contributed by atoms with Crippen molar-refractivity contribution in [3.8, 4) is 0 Å². The second-order valence-electron chi connectivity index (χ2n) is 1.56. The number of rotatable bonds is 1. The van der Waals surface area contributed by atoms with Crippen LogP contribution in [0.2, 0.25) is 0 Å². The normalized spacial score (nSPS) is 10.4. The van der Waals surface area contributed by atoms with Gasteiger partial charge in [-0.3, -0.25) is 10.7 Å². The summed E-state index contributed by atoms with van der Waals surface area (Å²) in [4.78, 5) is 10.0.